The van der Waals surface area contributed by atoms with Crippen molar-refractivity contribution in [3.8, 4) is 0 Å². The Labute approximate surface area is 241 Å². The molecule has 2 aromatic carbocycles. The number of nitrogens with two attached hydrogens (primary N) is 1. The van der Waals surface area contributed by atoms with Gasteiger partial charge >= 0.3 is 5.97 Å². The third kappa shape index (κ3) is 7.11. The van der Waals surface area contributed by atoms with Gasteiger partial charge in [-0.25, -0.2) is 0 Å². The molecular formula is C28H30N6O6S. The number of hydrogen-bond acceptors (Lipinski definition) is 8. The predicted octanol–water partition coefficient (Wildman–Crippen LogP) is 2.22. The highest BCUT2D eigenvalue weighted by atomic mass is 32.1. The Kier molecular flexibility index (Phi) is 9.07. The van der Waals surface area contributed by atoms with Gasteiger partial charge in [0.25, 0.3) is 11.6 Å². The maximum atomic E-state index is 13.8. The molecule has 0 unspecified atom stereocenters. The van der Waals surface area contributed by atoms with E-state index in [-0.39, 0.29) is 42.7 Å². The lowest BCUT2D eigenvalue weighted by atomic mass is 10.0. The number of fused-ring (bicyclic) bond motifs is 1. The largest absolute Gasteiger partial charge is 0.465 e. The molecule has 0 spiro atoms. The van der Waals surface area contributed by atoms with Crippen LogP contribution in [0.5, 0.6) is 0 Å². The van der Waals surface area contributed by atoms with Crippen molar-refractivity contribution in [3.63, 3.8) is 0 Å². The second-order valence-corrected chi connectivity index (χ2v) is 10.1. The lowest BCUT2D eigenvalue weighted by Gasteiger charge is -2.30. The number of nitro groups is 1. The number of aromatic nitrogens is 2. The third-order valence-electron chi connectivity index (χ3n) is 6.76. The number of carbonyl (C=O) groups is 3. The third-order valence-corrected chi connectivity index (χ3v) is 6.99. The molecule has 4 rings (SSSR count). The number of hydrogen-bond donors (Lipinski definition) is 2. The number of nitrogens with one attached hydrogen (secondary N) is 1. The molecule has 3 aromatic rings. The molecule has 3 N–H and O–H groups in total. The smallest absolute Gasteiger partial charge is 0.327 e. The number of esters is 1. The molecule has 2 amide bonds. The van der Waals surface area contributed by atoms with Crippen molar-refractivity contribution in [1.29, 1.82) is 0 Å². The van der Waals surface area contributed by atoms with E-state index in [0.717, 1.165) is 11.3 Å². The van der Waals surface area contributed by atoms with Crippen LogP contribution in [0.15, 0.2) is 48.7 Å². The minimum atomic E-state index is -0.949. The van der Waals surface area contributed by atoms with Crippen molar-refractivity contribution in [1.82, 2.24) is 20.0 Å². The molecule has 0 radical (unpaired) electrons. The van der Waals surface area contributed by atoms with Crippen molar-refractivity contribution >= 4 is 40.7 Å². The van der Waals surface area contributed by atoms with Gasteiger partial charge < -0.3 is 20.7 Å². The van der Waals surface area contributed by atoms with Gasteiger partial charge in [-0.2, -0.15) is 5.10 Å². The normalized spacial score (nSPS) is 13.2. The van der Waals surface area contributed by atoms with Crippen molar-refractivity contribution in [3.05, 3.63) is 92.3 Å². The van der Waals surface area contributed by atoms with Gasteiger partial charge in [0.1, 0.15) is 17.6 Å². The van der Waals surface area contributed by atoms with Gasteiger partial charge in [-0.1, -0.05) is 30.4 Å². The number of ether oxygens (including phenoxy) is 1. The molecule has 1 aromatic heterocycles. The highest BCUT2D eigenvalue weighted by Gasteiger charge is 2.31. The van der Waals surface area contributed by atoms with E-state index in [1.165, 1.54) is 16.8 Å². The fourth-order valence-corrected chi connectivity index (χ4v) is 4.82. The summed E-state index contributed by atoms with van der Waals surface area (Å²) in [5.74, 6) is -1.15. The molecule has 1 aliphatic heterocycles. The molecule has 214 valence electrons. The summed E-state index contributed by atoms with van der Waals surface area (Å²) in [7, 11) is 0. The molecule has 0 bridgehead atoms. The molecule has 0 saturated heterocycles. The van der Waals surface area contributed by atoms with Crippen LogP contribution in [-0.2, 0) is 40.3 Å². The average Bonchev–Trinajstić information content (AvgIpc) is 3.33. The zero-order chi connectivity index (χ0) is 29.7. The summed E-state index contributed by atoms with van der Waals surface area (Å²) < 4.78 is 6.50. The summed E-state index contributed by atoms with van der Waals surface area (Å²) in [6, 6.07) is 9.89. The number of thiocarbonyl (C=S) groups is 1. The Morgan fingerprint density at radius 2 is 1.95 bits per heavy atom. The van der Waals surface area contributed by atoms with Crippen LogP contribution in [0.3, 0.4) is 0 Å². The number of rotatable bonds is 10. The van der Waals surface area contributed by atoms with Crippen molar-refractivity contribution in [2.45, 2.75) is 45.8 Å². The first-order chi connectivity index (χ1) is 19.5. The van der Waals surface area contributed by atoms with Crippen molar-refractivity contribution in [2.24, 2.45) is 5.73 Å². The van der Waals surface area contributed by atoms with Crippen LogP contribution in [0.25, 0.3) is 0 Å². The number of aryl methyl sites for hydroxylation is 1. The zero-order valence-electron chi connectivity index (χ0n) is 22.7. The highest BCUT2D eigenvalue weighted by Crippen LogP contribution is 2.21. The van der Waals surface area contributed by atoms with Gasteiger partial charge in [-0.15, -0.1) is 0 Å². The number of nitrogens with zero attached hydrogens (tertiary/aromatic N) is 4. The Morgan fingerprint density at radius 3 is 2.59 bits per heavy atom. The van der Waals surface area contributed by atoms with E-state index in [4.69, 9.17) is 22.7 Å². The second kappa shape index (κ2) is 12.7. The minimum Gasteiger partial charge on any atom is -0.465 e. The van der Waals surface area contributed by atoms with Crippen LogP contribution in [0, 0.1) is 17.0 Å². The maximum Gasteiger partial charge on any atom is 0.327 e. The van der Waals surface area contributed by atoms with Gasteiger partial charge in [-0.3, -0.25) is 29.2 Å². The number of nitro benzene ring substituents is 1. The van der Waals surface area contributed by atoms with Crippen LogP contribution in [0.1, 0.15) is 45.2 Å². The van der Waals surface area contributed by atoms with Crippen molar-refractivity contribution in [2.75, 3.05) is 13.2 Å². The van der Waals surface area contributed by atoms with E-state index < -0.39 is 22.8 Å². The molecular weight excluding hydrogens is 548 g/mol. The van der Waals surface area contributed by atoms with Gasteiger partial charge in [0, 0.05) is 61.0 Å². The molecule has 0 fully saturated rings. The number of carbonyl (C=O) groups excluding carboxylic acids is 3. The molecule has 12 nitrogen and oxygen atoms in total. The summed E-state index contributed by atoms with van der Waals surface area (Å²) >= 11 is 5.02. The van der Waals surface area contributed by atoms with E-state index in [9.17, 15) is 24.5 Å². The average molecular weight is 579 g/mol. The minimum absolute atomic E-state index is 0.0272. The lowest BCUT2D eigenvalue weighted by molar-refractivity contribution is -0.384. The first-order valence-corrected chi connectivity index (χ1v) is 13.4. The standard InChI is InChI=1S/C28H30N6O6S/c1-3-40-25(35)16-33-15-20-14-32(11-10-23(20)31-33)28(37)24(13-18-4-7-21(8-5-18)34(38)39)30-27(36)22-9-6-19(26(29)41)12-17(22)2/h4-9,12,15,24H,3,10-11,13-14,16H2,1-2H3,(H2,29,41)(H,30,36)/t24-/m0/s1. The molecule has 41 heavy (non-hydrogen) atoms. The molecule has 0 saturated carbocycles. The molecule has 0 aliphatic carbocycles. The van der Waals surface area contributed by atoms with Crippen molar-refractivity contribution < 1.29 is 24.0 Å². The van der Waals surface area contributed by atoms with Gasteiger partial charge in [0.2, 0.25) is 5.91 Å². The SMILES string of the molecule is CCOC(=O)Cn1cc2c(n1)CCN(C(=O)[C@H](Cc1ccc([N+](=O)[O-])cc1)NC(=O)c1ccc(C(N)=S)cc1C)C2. The molecule has 1 aliphatic rings. The van der Waals surface area contributed by atoms with E-state index in [1.54, 1.807) is 55.3 Å². The van der Waals surface area contributed by atoms with E-state index in [0.29, 0.717) is 35.2 Å². The number of non-ortho nitro benzene ring substituents is 1. The van der Waals surface area contributed by atoms with Crippen LogP contribution in [0.4, 0.5) is 5.69 Å². The second-order valence-electron chi connectivity index (χ2n) is 9.66. The lowest BCUT2D eigenvalue weighted by Crippen LogP contribution is -2.51. The topological polar surface area (TPSA) is 163 Å². The van der Waals surface area contributed by atoms with Gasteiger partial charge in [-0.05, 0) is 37.1 Å². The fraction of sp³-hybridized carbons (Fsp3) is 0.321. The molecule has 1 atom stereocenters. The van der Waals surface area contributed by atoms with Crippen LogP contribution in [-0.4, -0.2) is 61.6 Å². The first-order valence-electron chi connectivity index (χ1n) is 13.0. The predicted molar refractivity (Wildman–Crippen MR) is 153 cm³/mol. The van der Waals surface area contributed by atoms with Crippen LogP contribution in [0.2, 0.25) is 0 Å². The summed E-state index contributed by atoms with van der Waals surface area (Å²) in [4.78, 5) is 51.5. The van der Waals surface area contributed by atoms with Gasteiger partial charge in [0.05, 0.1) is 17.2 Å². The summed E-state index contributed by atoms with van der Waals surface area (Å²) in [6.45, 7) is 4.35. The summed E-state index contributed by atoms with van der Waals surface area (Å²) in [6.07, 6.45) is 2.33. The zero-order valence-corrected chi connectivity index (χ0v) is 23.5. The Bertz CT molecular complexity index is 1500. The van der Waals surface area contributed by atoms with E-state index in [1.807, 2.05) is 0 Å². The summed E-state index contributed by atoms with van der Waals surface area (Å²) in [5.41, 5.74) is 9.52. The van der Waals surface area contributed by atoms with Crippen LogP contribution < -0.4 is 11.1 Å². The Balaban J connectivity index is 1.55. The van der Waals surface area contributed by atoms with Crippen LogP contribution >= 0.6 is 12.2 Å². The first kappa shape index (κ1) is 29.3. The maximum absolute atomic E-state index is 13.8. The fourth-order valence-electron chi connectivity index (χ4n) is 4.70. The highest BCUT2D eigenvalue weighted by molar-refractivity contribution is 7.80. The Morgan fingerprint density at radius 1 is 1.22 bits per heavy atom. The molecule has 2 heterocycles. The van der Waals surface area contributed by atoms with Gasteiger partial charge in [0.15, 0.2) is 0 Å². The van der Waals surface area contributed by atoms with E-state index >= 15 is 0 Å². The molecule has 13 heteroatoms. The summed E-state index contributed by atoms with van der Waals surface area (Å²) in [5, 5.41) is 18.4. The Hall–Kier alpha value is -4.65. The number of amides is 2. The number of benzene rings is 2. The quantitative estimate of drug-likeness (QED) is 0.159. The van der Waals surface area contributed by atoms with E-state index in [2.05, 4.69) is 10.4 Å². The monoisotopic (exact) mass is 578 g/mol.